The van der Waals surface area contributed by atoms with Gasteiger partial charge in [0.1, 0.15) is 16.5 Å². The van der Waals surface area contributed by atoms with E-state index in [2.05, 4.69) is 10.6 Å². The number of methoxy groups -OCH3 is 1. The number of thiophene rings is 1. The molecular weight excluding hydrogens is 474 g/mol. The zero-order valence-corrected chi connectivity index (χ0v) is 19.7. The fraction of sp³-hybridized carbons (Fsp3) is 0.167. The quantitative estimate of drug-likeness (QED) is 0.365. The molecule has 0 fully saturated rings. The maximum absolute atomic E-state index is 12.4. The molecule has 3 aromatic rings. The first kappa shape index (κ1) is 25.2. The van der Waals surface area contributed by atoms with Crippen molar-refractivity contribution in [3.63, 3.8) is 0 Å². The molecule has 1 heterocycles. The van der Waals surface area contributed by atoms with Crippen LogP contribution in [0.2, 0.25) is 0 Å². The van der Waals surface area contributed by atoms with Crippen molar-refractivity contribution in [2.24, 2.45) is 5.73 Å². The van der Waals surface area contributed by atoms with Gasteiger partial charge in [0.25, 0.3) is 17.7 Å². The van der Waals surface area contributed by atoms with Gasteiger partial charge in [0.15, 0.2) is 12.7 Å². The van der Waals surface area contributed by atoms with E-state index >= 15 is 0 Å². The molecule has 0 aliphatic carbocycles. The first-order valence-corrected chi connectivity index (χ1v) is 11.2. The van der Waals surface area contributed by atoms with E-state index in [-0.39, 0.29) is 28.6 Å². The number of amides is 3. The van der Waals surface area contributed by atoms with Crippen molar-refractivity contribution in [2.75, 3.05) is 24.4 Å². The normalized spacial score (nSPS) is 11.1. The lowest BCUT2D eigenvalue weighted by Crippen LogP contribution is -2.30. The minimum absolute atomic E-state index is 0.176. The number of carbonyl (C=O) groups is 4. The summed E-state index contributed by atoms with van der Waals surface area (Å²) in [6, 6.07) is 14.3. The number of anilines is 2. The lowest BCUT2D eigenvalue weighted by atomic mass is 10.2. The molecule has 1 unspecified atom stereocenters. The summed E-state index contributed by atoms with van der Waals surface area (Å²) in [6.45, 7) is 1.16. The highest BCUT2D eigenvalue weighted by Crippen LogP contribution is 2.23. The molecule has 1 atom stereocenters. The molecular formula is C24H23N3O7S. The van der Waals surface area contributed by atoms with Crippen molar-refractivity contribution >= 4 is 45.7 Å². The first-order valence-electron chi connectivity index (χ1n) is 10.3. The molecule has 0 aliphatic rings. The molecule has 3 rings (SSSR count). The van der Waals surface area contributed by atoms with E-state index in [1.165, 1.54) is 44.4 Å². The van der Waals surface area contributed by atoms with E-state index in [1.807, 2.05) is 0 Å². The van der Waals surface area contributed by atoms with Crippen LogP contribution in [0.3, 0.4) is 0 Å². The molecule has 3 amide bonds. The second-order valence-corrected chi connectivity index (χ2v) is 8.07. The third-order valence-corrected chi connectivity index (χ3v) is 5.46. The first-order chi connectivity index (χ1) is 16.8. The Morgan fingerprint density at radius 3 is 2.43 bits per heavy atom. The van der Waals surface area contributed by atoms with E-state index in [9.17, 15) is 19.2 Å². The molecule has 0 spiro atoms. The van der Waals surface area contributed by atoms with Gasteiger partial charge in [-0.25, -0.2) is 4.79 Å². The standard InChI is InChI=1S/C24H23N3O7S/c1-14(22(30)27-23-19(21(25)29)10-11-35-23)34-24(31)15-6-8-17(9-7-15)33-13-20(28)26-16-4-3-5-18(12-16)32-2/h3-12,14H,13H2,1-2H3,(H2,25,29)(H,26,28)(H,27,30). The Bertz CT molecular complexity index is 1220. The van der Waals surface area contributed by atoms with Crippen LogP contribution >= 0.6 is 11.3 Å². The molecule has 0 aliphatic heterocycles. The summed E-state index contributed by atoms with van der Waals surface area (Å²) in [5.41, 5.74) is 6.19. The van der Waals surface area contributed by atoms with E-state index in [1.54, 1.807) is 29.6 Å². The highest BCUT2D eigenvalue weighted by Gasteiger charge is 2.21. The highest BCUT2D eigenvalue weighted by atomic mass is 32.1. The van der Waals surface area contributed by atoms with Gasteiger partial charge >= 0.3 is 5.97 Å². The molecule has 182 valence electrons. The summed E-state index contributed by atoms with van der Waals surface area (Å²) in [4.78, 5) is 48.2. The highest BCUT2D eigenvalue weighted by molar-refractivity contribution is 7.14. The van der Waals surface area contributed by atoms with Crippen LogP contribution in [0, 0.1) is 0 Å². The number of nitrogens with two attached hydrogens (primary N) is 1. The molecule has 0 bridgehead atoms. The van der Waals surface area contributed by atoms with Gasteiger partial charge in [-0.15, -0.1) is 11.3 Å². The van der Waals surface area contributed by atoms with Crippen molar-refractivity contribution in [3.8, 4) is 11.5 Å². The van der Waals surface area contributed by atoms with Crippen LogP contribution in [-0.2, 0) is 14.3 Å². The van der Waals surface area contributed by atoms with Crippen molar-refractivity contribution in [2.45, 2.75) is 13.0 Å². The van der Waals surface area contributed by atoms with Crippen molar-refractivity contribution in [3.05, 3.63) is 71.1 Å². The van der Waals surface area contributed by atoms with E-state index in [0.29, 0.717) is 17.2 Å². The van der Waals surface area contributed by atoms with Gasteiger partial charge in [0, 0.05) is 11.8 Å². The van der Waals surface area contributed by atoms with Crippen molar-refractivity contribution < 1.29 is 33.4 Å². The summed E-state index contributed by atoms with van der Waals surface area (Å²) < 4.78 is 15.7. The molecule has 35 heavy (non-hydrogen) atoms. The van der Waals surface area contributed by atoms with Crippen LogP contribution in [0.5, 0.6) is 11.5 Å². The van der Waals surface area contributed by atoms with Crippen LogP contribution in [-0.4, -0.2) is 43.5 Å². The van der Waals surface area contributed by atoms with Gasteiger partial charge in [0.05, 0.1) is 18.2 Å². The summed E-state index contributed by atoms with van der Waals surface area (Å²) in [7, 11) is 1.53. The Labute approximate surface area is 205 Å². The van der Waals surface area contributed by atoms with Crippen LogP contribution in [0.1, 0.15) is 27.6 Å². The minimum atomic E-state index is -1.12. The zero-order valence-electron chi connectivity index (χ0n) is 18.9. The number of esters is 1. The van der Waals surface area contributed by atoms with E-state index in [0.717, 1.165) is 11.3 Å². The number of carbonyl (C=O) groups excluding carboxylic acids is 4. The third-order valence-electron chi connectivity index (χ3n) is 4.63. The predicted octanol–water partition coefficient (Wildman–Crippen LogP) is 3.06. The average molecular weight is 498 g/mol. The maximum atomic E-state index is 12.4. The van der Waals surface area contributed by atoms with Crippen LogP contribution in [0.15, 0.2) is 60.0 Å². The third kappa shape index (κ3) is 7.05. The lowest BCUT2D eigenvalue weighted by molar-refractivity contribution is -0.123. The Morgan fingerprint density at radius 2 is 1.74 bits per heavy atom. The lowest BCUT2D eigenvalue weighted by Gasteiger charge is -2.13. The van der Waals surface area contributed by atoms with E-state index in [4.69, 9.17) is 19.9 Å². The van der Waals surface area contributed by atoms with Crippen LogP contribution < -0.4 is 25.8 Å². The summed E-state index contributed by atoms with van der Waals surface area (Å²) in [5.74, 6) is -1.40. The largest absolute Gasteiger partial charge is 0.497 e. The maximum Gasteiger partial charge on any atom is 0.338 e. The summed E-state index contributed by atoms with van der Waals surface area (Å²) in [6.07, 6.45) is -1.12. The van der Waals surface area contributed by atoms with Crippen LogP contribution in [0.4, 0.5) is 10.7 Å². The van der Waals surface area contributed by atoms with Crippen molar-refractivity contribution in [1.29, 1.82) is 0 Å². The molecule has 4 N–H and O–H groups in total. The van der Waals surface area contributed by atoms with Gasteiger partial charge in [0.2, 0.25) is 0 Å². The number of rotatable bonds is 10. The molecule has 2 aromatic carbocycles. The molecule has 1 aromatic heterocycles. The van der Waals surface area contributed by atoms with Gasteiger partial charge in [-0.1, -0.05) is 6.07 Å². The second-order valence-electron chi connectivity index (χ2n) is 7.16. The monoisotopic (exact) mass is 497 g/mol. The SMILES string of the molecule is COc1cccc(NC(=O)COc2ccc(C(=O)OC(C)C(=O)Nc3sccc3C(N)=O)cc2)c1. The fourth-order valence-electron chi connectivity index (χ4n) is 2.83. The number of hydrogen-bond acceptors (Lipinski definition) is 8. The van der Waals surface area contributed by atoms with Crippen molar-refractivity contribution in [1.82, 2.24) is 0 Å². The second kappa shape index (κ2) is 11.7. The zero-order chi connectivity index (χ0) is 25.4. The number of primary amides is 1. The number of benzene rings is 2. The Kier molecular flexibility index (Phi) is 8.41. The van der Waals surface area contributed by atoms with E-state index < -0.39 is 23.9 Å². The minimum Gasteiger partial charge on any atom is -0.497 e. The summed E-state index contributed by atoms with van der Waals surface area (Å²) >= 11 is 1.13. The van der Waals surface area contributed by atoms with Crippen LogP contribution in [0.25, 0.3) is 0 Å². The van der Waals surface area contributed by atoms with Gasteiger partial charge in [-0.3, -0.25) is 14.4 Å². The number of hydrogen-bond donors (Lipinski definition) is 3. The average Bonchev–Trinajstić information content (AvgIpc) is 3.31. The number of ether oxygens (including phenoxy) is 3. The topological polar surface area (TPSA) is 146 Å². The smallest absolute Gasteiger partial charge is 0.338 e. The number of nitrogens with one attached hydrogen (secondary N) is 2. The Morgan fingerprint density at radius 1 is 1.00 bits per heavy atom. The predicted molar refractivity (Wildman–Crippen MR) is 130 cm³/mol. The Balaban J connectivity index is 1.49. The fourth-order valence-corrected chi connectivity index (χ4v) is 3.63. The van der Waals surface area contributed by atoms with Gasteiger partial charge < -0.3 is 30.6 Å². The van der Waals surface area contributed by atoms with Gasteiger partial charge in [-0.05, 0) is 54.8 Å². The molecule has 11 heteroatoms. The molecule has 0 saturated carbocycles. The summed E-state index contributed by atoms with van der Waals surface area (Å²) in [5, 5.41) is 7.11. The molecule has 0 radical (unpaired) electrons. The molecule has 0 saturated heterocycles. The van der Waals surface area contributed by atoms with Gasteiger partial charge in [-0.2, -0.15) is 0 Å². The molecule has 10 nitrogen and oxygen atoms in total. The Hall–Kier alpha value is -4.38.